The lowest BCUT2D eigenvalue weighted by Gasteiger charge is -2.33. The zero-order chi connectivity index (χ0) is 12.4. The molecule has 0 aliphatic heterocycles. The molecule has 1 saturated carbocycles. The lowest BCUT2D eigenvalue weighted by Crippen LogP contribution is -2.34. The van der Waals surface area contributed by atoms with Crippen molar-refractivity contribution in [2.75, 3.05) is 0 Å². The van der Waals surface area contributed by atoms with Gasteiger partial charge in [-0.05, 0) is 42.2 Å². The molecule has 1 aromatic rings. The number of hydrogen-bond acceptors (Lipinski definition) is 1. The first kappa shape index (κ1) is 12.2. The lowest BCUT2D eigenvalue weighted by molar-refractivity contribution is -0.147. The van der Waals surface area contributed by atoms with Crippen LogP contribution in [0.25, 0.3) is 0 Å². The summed E-state index contributed by atoms with van der Waals surface area (Å²) in [5.41, 5.74) is 2.61. The second-order valence-electron chi connectivity index (χ2n) is 5.38. The summed E-state index contributed by atoms with van der Waals surface area (Å²) in [6, 6.07) is 8.61. The van der Waals surface area contributed by atoms with Gasteiger partial charge in [-0.15, -0.1) is 0 Å². The fraction of sp³-hybridized carbons (Fsp3) is 0.533. The molecule has 1 N–H and O–H groups in total. The number of benzene rings is 1. The lowest BCUT2D eigenvalue weighted by atomic mass is 9.71. The number of carboxylic acids is 1. The van der Waals surface area contributed by atoms with Crippen LogP contribution in [-0.2, 0) is 11.2 Å². The van der Waals surface area contributed by atoms with Crippen LogP contribution in [0.5, 0.6) is 0 Å². The number of aliphatic carboxylic acids is 1. The molecule has 0 bridgehead atoms. The normalized spacial score (nSPS) is 23.5. The fourth-order valence-corrected chi connectivity index (χ4v) is 2.48. The maximum absolute atomic E-state index is 10.9. The molecule has 1 aliphatic rings. The first-order valence-electron chi connectivity index (χ1n) is 6.39. The molecule has 17 heavy (non-hydrogen) atoms. The van der Waals surface area contributed by atoms with E-state index in [1.54, 1.807) is 0 Å². The van der Waals surface area contributed by atoms with E-state index in [0.717, 1.165) is 19.3 Å². The summed E-state index contributed by atoms with van der Waals surface area (Å²) < 4.78 is 0. The summed E-state index contributed by atoms with van der Waals surface area (Å²) >= 11 is 0. The minimum Gasteiger partial charge on any atom is -0.481 e. The van der Waals surface area contributed by atoms with Gasteiger partial charge in [-0.1, -0.05) is 38.1 Å². The maximum Gasteiger partial charge on any atom is 0.306 e. The molecule has 1 aromatic carbocycles. The molecule has 0 aromatic heterocycles. The van der Waals surface area contributed by atoms with Crippen molar-refractivity contribution < 1.29 is 9.90 Å². The van der Waals surface area contributed by atoms with Gasteiger partial charge in [0.05, 0.1) is 5.92 Å². The summed E-state index contributed by atoms with van der Waals surface area (Å²) in [6.07, 6.45) is 2.82. The minimum absolute atomic E-state index is 0.111. The van der Waals surface area contributed by atoms with Crippen LogP contribution in [-0.4, -0.2) is 11.1 Å². The predicted molar refractivity (Wildman–Crippen MR) is 68.1 cm³/mol. The van der Waals surface area contributed by atoms with Gasteiger partial charge in [-0.3, -0.25) is 4.79 Å². The Morgan fingerprint density at radius 2 is 1.94 bits per heavy atom. The van der Waals surface area contributed by atoms with Crippen LogP contribution >= 0.6 is 0 Å². The van der Waals surface area contributed by atoms with Gasteiger partial charge in [0, 0.05) is 0 Å². The largest absolute Gasteiger partial charge is 0.481 e. The number of carbonyl (C=O) groups is 1. The standard InChI is InChI=1S/C15H20O2/c1-10(2)12-5-3-11(4-6-12)9-13-7-8-14(13)15(16)17/h3-6,10,13-14H,7-9H2,1-2H3,(H,16,17). The Morgan fingerprint density at radius 3 is 2.35 bits per heavy atom. The van der Waals surface area contributed by atoms with Gasteiger partial charge in [0.15, 0.2) is 0 Å². The molecule has 0 heterocycles. The van der Waals surface area contributed by atoms with Gasteiger partial charge in [-0.2, -0.15) is 0 Å². The number of carboxylic acid groups (broad SMARTS) is 1. The SMILES string of the molecule is CC(C)c1ccc(CC2CCC2C(=O)O)cc1. The van der Waals surface area contributed by atoms with E-state index in [1.165, 1.54) is 11.1 Å². The van der Waals surface area contributed by atoms with E-state index in [4.69, 9.17) is 5.11 Å². The number of rotatable bonds is 4. The van der Waals surface area contributed by atoms with Gasteiger partial charge in [0.25, 0.3) is 0 Å². The van der Waals surface area contributed by atoms with Crippen LogP contribution in [0, 0.1) is 11.8 Å². The van der Waals surface area contributed by atoms with Gasteiger partial charge in [-0.25, -0.2) is 0 Å². The van der Waals surface area contributed by atoms with Crippen LogP contribution in [0.3, 0.4) is 0 Å². The highest BCUT2D eigenvalue weighted by Crippen LogP contribution is 2.37. The third-order valence-corrected chi connectivity index (χ3v) is 3.88. The van der Waals surface area contributed by atoms with Gasteiger partial charge < -0.3 is 5.11 Å². The average Bonchev–Trinajstić information content (AvgIpc) is 2.24. The van der Waals surface area contributed by atoms with E-state index >= 15 is 0 Å². The van der Waals surface area contributed by atoms with E-state index in [1.807, 2.05) is 0 Å². The van der Waals surface area contributed by atoms with Crippen LogP contribution < -0.4 is 0 Å². The van der Waals surface area contributed by atoms with Crippen LogP contribution in [0.2, 0.25) is 0 Å². The summed E-state index contributed by atoms with van der Waals surface area (Å²) in [4.78, 5) is 10.9. The summed E-state index contributed by atoms with van der Waals surface area (Å²) in [7, 11) is 0. The third-order valence-electron chi connectivity index (χ3n) is 3.88. The van der Waals surface area contributed by atoms with Gasteiger partial charge in [0.1, 0.15) is 0 Å². The van der Waals surface area contributed by atoms with Crippen molar-refractivity contribution >= 4 is 5.97 Å². The van der Waals surface area contributed by atoms with Crippen LogP contribution in [0.1, 0.15) is 43.7 Å². The molecule has 2 heteroatoms. The first-order chi connectivity index (χ1) is 8.08. The van der Waals surface area contributed by atoms with Crippen molar-refractivity contribution in [1.82, 2.24) is 0 Å². The summed E-state index contributed by atoms with van der Waals surface area (Å²) in [6.45, 7) is 4.36. The Kier molecular flexibility index (Phi) is 3.51. The van der Waals surface area contributed by atoms with E-state index in [0.29, 0.717) is 11.8 Å². The monoisotopic (exact) mass is 232 g/mol. The Bertz CT molecular complexity index is 392. The van der Waals surface area contributed by atoms with Gasteiger partial charge in [0.2, 0.25) is 0 Å². The molecule has 1 fully saturated rings. The Balaban J connectivity index is 1.97. The van der Waals surface area contributed by atoms with Gasteiger partial charge >= 0.3 is 5.97 Å². The fourth-order valence-electron chi connectivity index (χ4n) is 2.48. The van der Waals surface area contributed by atoms with E-state index in [-0.39, 0.29) is 5.92 Å². The molecule has 0 spiro atoms. The van der Waals surface area contributed by atoms with Crippen molar-refractivity contribution in [3.8, 4) is 0 Å². The molecule has 0 amide bonds. The quantitative estimate of drug-likeness (QED) is 0.863. The Morgan fingerprint density at radius 1 is 1.29 bits per heavy atom. The van der Waals surface area contributed by atoms with E-state index < -0.39 is 5.97 Å². The Labute approximate surface area is 103 Å². The molecule has 0 radical (unpaired) electrons. The summed E-state index contributed by atoms with van der Waals surface area (Å²) in [5.74, 6) is 0.164. The predicted octanol–water partition coefficient (Wildman–Crippen LogP) is 3.46. The molecule has 1 aliphatic carbocycles. The van der Waals surface area contributed by atoms with Crippen molar-refractivity contribution in [1.29, 1.82) is 0 Å². The van der Waals surface area contributed by atoms with E-state index in [2.05, 4.69) is 38.1 Å². The Hall–Kier alpha value is -1.31. The van der Waals surface area contributed by atoms with Crippen molar-refractivity contribution in [2.24, 2.45) is 11.8 Å². The zero-order valence-corrected chi connectivity index (χ0v) is 10.5. The van der Waals surface area contributed by atoms with E-state index in [9.17, 15) is 4.79 Å². The first-order valence-corrected chi connectivity index (χ1v) is 6.39. The molecular weight excluding hydrogens is 212 g/mol. The van der Waals surface area contributed by atoms with Crippen molar-refractivity contribution in [3.63, 3.8) is 0 Å². The molecule has 0 saturated heterocycles. The average molecular weight is 232 g/mol. The van der Waals surface area contributed by atoms with Crippen LogP contribution in [0.4, 0.5) is 0 Å². The topological polar surface area (TPSA) is 37.3 Å². The maximum atomic E-state index is 10.9. The molecule has 92 valence electrons. The molecule has 2 rings (SSSR count). The molecular formula is C15H20O2. The van der Waals surface area contributed by atoms with Crippen LogP contribution in [0.15, 0.2) is 24.3 Å². The molecule has 2 unspecified atom stereocenters. The zero-order valence-electron chi connectivity index (χ0n) is 10.5. The highest BCUT2D eigenvalue weighted by atomic mass is 16.4. The minimum atomic E-state index is -0.625. The second kappa shape index (κ2) is 4.91. The molecule has 2 atom stereocenters. The highest BCUT2D eigenvalue weighted by molar-refractivity contribution is 5.71. The smallest absolute Gasteiger partial charge is 0.306 e. The number of hydrogen-bond donors (Lipinski definition) is 1. The van der Waals surface area contributed by atoms with Crippen molar-refractivity contribution in [3.05, 3.63) is 35.4 Å². The summed E-state index contributed by atoms with van der Waals surface area (Å²) in [5, 5.41) is 9.00. The molecule has 2 nitrogen and oxygen atoms in total. The van der Waals surface area contributed by atoms with Crippen molar-refractivity contribution in [2.45, 2.75) is 39.0 Å². The second-order valence-corrected chi connectivity index (χ2v) is 5.38. The third kappa shape index (κ3) is 2.68. The highest BCUT2D eigenvalue weighted by Gasteiger charge is 2.36.